The molecule has 0 amide bonds. The van der Waals surface area contributed by atoms with Gasteiger partial charge in [-0.25, -0.2) is 4.98 Å². The molecule has 1 heterocycles. The molecule has 1 N–H and O–H groups in total. The number of hydrogen-bond acceptors (Lipinski definition) is 3. The highest BCUT2D eigenvalue weighted by Crippen LogP contribution is 2.23. The predicted octanol–water partition coefficient (Wildman–Crippen LogP) is 2.79. The summed E-state index contributed by atoms with van der Waals surface area (Å²) >= 11 is 0. The van der Waals surface area contributed by atoms with Gasteiger partial charge in [0.05, 0.1) is 17.4 Å². The van der Waals surface area contributed by atoms with Gasteiger partial charge >= 0.3 is 0 Å². The molecule has 0 aliphatic carbocycles. The topological polar surface area (TPSA) is 49.0 Å². The first-order valence-electron chi connectivity index (χ1n) is 6.97. The lowest BCUT2D eigenvalue weighted by Gasteiger charge is -2.35. The number of nitrogens with one attached hydrogen (secondary N) is 1. The number of H-pyrrole nitrogens is 1. The molecule has 0 radical (unpaired) electrons. The van der Waals surface area contributed by atoms with E-state index in [-0.39, 0.29) is 11.0 Å². The van der Waals surface area contributed by atoms with Crippen LogP contribution in [-0.4, -0.2) is 28.0 Å². The summed E-state index contributed by atoms with van der Waals surface area (Å²) in [4.78, 5) is 21.7. The molecule has 108 valence electrons. The minimum Gasteiger partial charge on any atom is -0.309 e. The fraction of sp³-hybridized carbons (Fsp3) is 0.500. The van der Waals surface area contributed by atoms with Gasteiger partial charge in [0, 0.05) is 6.04 Å². The van der Waals surface area contributed by atoms with Crippen molar-refractivity contribution in [3.8, 4) is 0 Å². The third-order valence-electron chi connectivity index (χ3n) is 3.98. The van der Waals surface area contributed by atoms with Crippen LogP contribution < -0.4 is 5.56 Å². The standard InChI is InChI=1S/C16H23N3O/c1-11(16(2,3)4)19(5)10-14-17-13-9-7-6-8-12(13)15(20)18-14/h6-9,11H,10H2,1-5H3,(H,17,18,20)/t11-/m0/s1. The highest BCUT2D eigenvalue weighted by molar-refractivity contribution is 5.77. The van der Waals surface area contributed by atoms with E-state index in [4.69, 9.17) is 0 Å². The van der Waals surface area contributed by atoms with E-state index in [0.717, 1.165) is 5.52 Å². The molecule has 0 spiro atoms. The summed E-state index contributed by atoms with van der Waals surface area (Å²) in [5.74, 6) is 0.715. The van der Waals surface area contributed by atoms with Crippen molar-refractivity contribution >= 4 is 10.9 Å². The van der Waals surface area contributed by atoms with Crippen molar-refractivity contribution in [2.45, 2.75) is 40.3 Å². The van der Waals surface area contributed by atoms with Crippen molar-refractivity contribution in [2.24, 2.45) is 5.41 Å². The minimum absolute atomic E-state index is 0.0672. The number of nitrogens with zero attached hydrogens (tertiary/aromatic N) is 2. The van der Waals surface area contributed by atoms with Crippen LogP contribution in [0.4, 0.5) is 0 Å². The molecular formula is C16H23N3O. The summed E-state index contributed by atoms with van der Waals surface area (Å²) < 4.78 is 0. The first-order chi connectivity index (χ1) is 9.29. The molecule has 0 unspecified atom stereocenters. The predicted molar refractivity (Wildman–Crippen MR) is 82.7 cm³/mol. The largest absolute Gasteiger partial charge is 0.309 e. The van der Waals surface area contributed by atoms with Gasteiger partial charge in [0.1, 0.15) is 5.82 Å². The fourth-order valence-corrected chi connectivity index (χ4v) is 2.24. The summed E-state index contributed by atoms with van der Waals surface area (Å²) in [6.45, 7) is 9.47. The Hall–Kier alpha value is -1.68. The van der Waals surface area contributed by atoms with E-state index in [0.29, 0.717) is 23.8 Å². The summed E-state index contributed by atoms with van der Waals surface area (Å²) in [6.07, 6.45) is 0. The van der Waals surface area contributed by atoms with Crippen LogP contribution >= 0.6 is 0 Å². The molecule has 2 aromatic rings. The van der Waals surface area contributed by atoms with Gasteiger partial charge in [-0.15, -0.1) is 0 Å². The van der Waals surface area contributed by atoms with Crippen LogP contribution in [0.3, 0.4) is 0 Å². The first kappa shape index (κ1) is 14.7. The molecule has 0 aliphatic heterocycles. The number of benzene rings is 1. The van der Waals surface area contributed by atoms with Crippen molar-refractivity contribution in [2.75, 3.05) is 7.05 Å². The molecule has 4 nitrogen and oxygen atoms in total. The molecule has 2 rings (SSSR count). The zero-order valence-electron chi connectivity index (χ0n) is 12.9. The number of para-hydroxylation sites is 1. The Morgan fingerprint density at radius 1 is 1.30 bits per heavy atom. The maximum atomic E-state index is 12.0. The molecule has 4 heteroatoms. The van der Waals surface area contributed by atoms with Gasteiger partial charge in [0.25, 0.3) is 5.56 Å². The Morgan fingerprint density at radius 2 is 1.95 bits per heavy atom. The molecular weight excluding hydrogens is 250 g/mol. The lowest BCUT2D eigenvalue weighted by molar-refractivity contribution is 0.132. The average Bonchev–Trinajstić information content (AvgIpc) is 2.36. The van der Waals surface area contributed by atoms with Gasteiger partial charge in [-0.2, -0.15) is 0 Å². The second-order valence-corrected chi connectivity index (χ2v) is 6.49. The normalized spacial score (nSPS) is 13.9. The second-order valence-electron chi connectivity index (χ2n) is 6.49. The third-order valence-corrected chi connectivity index (χ3v) is 3.98. The molecule has 0 fully saturated rings. The number of hydrogen-bond donors (Lipinski definition) is 1. The van der Waals surface area contributed by atoms with Crippen LogP contribution in [0.1, 0.15) is 33.5 Å². The Bertz CT molecular complexity index is 655. The van der Waals surface area contributed by atoms with Gasteiger partial charge in [0.15, 0.2) is 0 Å². The number of aromatic nitrogens is 2. The number of aromatic amines is 1. The van der Waals surface area contributed by atoms with E-state index in [1.54, 1.807) is 6.07 Å². The van der Waals surface area contributed by atoms with Gasteiger partial charge in [-0.05, 0) is 31.5 Å². The summed E-state index contributed by atoms with van der Waals surface area (Å²) in [6, 6.07) is 7.82. The Labute approximate surface area is 119 Å². The highest BCUT2D eigenvalue weighted by atomic mass is 16.1. The van der Waals surface area contributed by atoms with Crippen LogP contribution in [0.15, 0.2) is 29.1 Å². The number of rotatable bonds is 3. The molecule has 0 aliphatic rings. The van der Waals surface area contributed by atoms with E-state index in [1.807, 2.05) is 18.2 Å². The molecule has 0 saturated carbocycles. The quantitative estimate of drug-likeness (QED) is 0.935. The smallest absolute Gasteiger partial charge is 0.258 e. The third kappa shape index (κ3) is 3.07. The molecule has 0 saturated heterocycles. The van der Waals surface area contributed by atoms with Gasteiger partial charge in [-0.1, -0.05) is 32.9 Å². The van der Waals surface area contributed by atoms with Crippen LogP contribution in [0.5, 0.6) is 0 Å². The Morgan fingerprint density at radius 3 is 2.60 bits per heavy atom. The average molecular weight is 273 g/mol. The van der Waals surface area contributed by atoms with Crippen molar-refractivity contribution < 1.29 is 0 Å². The molecule has 1 atom stereocenters. The van der Waals surface area contributed by atoms with Crippen LogP contribution in [0.25, 0.3) is 10.9 Å². The van der Waals surface area contributed by atoms with Crippen molar-refractivity contribution in [3.63, 3.8) is 0 Å². The first-order valence-corrected chi connectivity index (χ1v) is 6.97. The van der Waals surface area contributed by atoms with E-state index in [2.05, 4.69) is 49.6 Å². The van der Waals surface area contributed by atoms with E-state index >= 15 is 0 Å². The fourth-order valence-electron chi connectivity index (χ4n) is 2.24. The van der Waals surface area contributed by atoms with Crippen LogP contribution in [-0.2, 0) is 6.54 Å². The zero-order chi connectivity index (χ0) is 14.9. The molecule has 20 heavy (non-hydrogen) atoms. The van der Waals surface area contributed by atoms with E-state index < -0.39 is 0 Å². The monoisotopic (exact) mass is 273 g/mol. The van der Waals surface area contributed by atoms with Crippen molar-refractivity contribution in [3.05, 3.63) is 40.4 Å². The number of fused-ring (bicyclic) bond motifs is 1. The maximum absolute atomic E-state index is 12.0. The van der Waals surface area contributed by atoms with E-state index in [1.165, 1.54) is 0 Å². The second kappa shape index (κ2) is 5.37. The highest BCUT2D eigenvalue weighted by Gasteiger charge is 2.24. The minimum atomic E-state index is -0.0672. The summed E-state index contributed by atoms with van der Waals surface area (Å²) in [5.41, 5.74) is 0.872. The van der Waals surface area contributed by atoms with Crippen molar-refractivity contribution in [1.82, 2.24) is 14.9 Å². The SMILES string of the molecule is C[C@H](N(C)Cc1nc2ccccc2c(=O)[nH]1)C(C)(C)C. The van der Waals surface area contributed by atoms with Crippen molar-refractivity contribution in [1.29, 1.82) is 0 Å². The molecule has 1 aromatic heterocycles. The summed E-state index contributed by atoms with van der Waals surface area (Å²) in [5, 5.41) is 0.641. The lowest BCUT2D eigenvalue weighted by Crippen LogP contribution is -2.39. The molecule has 1 aromatic carbocycles. The summed E-state index contributed by atoms with van der Waals surface area (Å²) in [7, 11) is 2.06. The van der Waals surface area contributed by atoms with Gasteiger partial charge in [0.2, 0.25) is 0 Å². The van der Waals surface area contributed by atoms with E-state index in [9.17, 15) is 4.79 Å². The van der Waals surface area contributed by atoms with Gasteiger partial charge < -0.3 is 4.98 Å². The zero-order valence-corrected chi connectivity index (χ0v) is 12.9. The Kier molecular flexibility index (Phi) is 3.95. The Balaban J connectivity index is 2.29. The van der Waals surface area contributed by atoms with Gasteiger partial charge in [-0.3, -0.25) is 9.69 Å². The molecule has 0 bridgehead atoms. The lowest BCUT2D eigenvalue weighted by atomic mass is 9.87. The maximum Gasteiger partial charge on any atom is 0.258 e. The van der Waals surface area contributed by atoms with Crippen LogP contribution in [0, 0.1) is 5.41 Å². The van der Waals surface area contributed by atoms with Crippen LogP contribution in [0.2, 0.25) is 0 Å².